The minimum atomic E-state index is -1.68. The van der Waals surface area contributed by atoms with Crippen molar-refractivity contribution in [2.24, 2.45) is 11.8 Å². The highest BCUT2D eigenvalue weighted by Crippen LogP contribution is 2.40. The van der Waals surface area contributed by atoms with Crippen LogP contribution in [-0.2, 0) is 19.9 Å². The number of imide groups is 1. The van der Waals surface area contributed by atoms with Gasteiger partial charge in [0.1, 0.15) is 23.0 Å². The maximum atomic E-state index is 15.0. The maximum Gasteiger partial charge on any atom is 0.322 e. The topological polar surface area (TPSA) is 120 Å². The van der Waals surface area contributed by atoms with E-state index >= 15 is 0 Å². The lowest BCUT2D eigenvalue weighted by Gasteiger charge is -2.29. The highest BCUT2D eigenvalue weighted by molar-refractivity contribution is 6.08. The van der Waals surface area contributed by atoms with Gasteiger partial charge in [0.05, 0.1) is 13.7 Å². The molecule has 2 unspecified atom stereocenters. The first-order valence-corrected chi connectivity index (χ1v) is 13.3. The van der Waals surface area contributed by atoms with Crippen molar-refractivity contribution in [1.82, 2.24) is 25.4 Å². The van der Waals surface area contributed by atoms with Crippen molar-refractivity contribution in [3.05, 3.63) is 47.7 Å². The molecule has 206 valence electrons. The minimum absolute atomic E-state index is 0.0130. The molecule has 0 spiro atoms. The molecule has 0 aromatic carbocycles. The van der Waals surface area contributed by atoms with Crippen LogP contribution in [-0.4, -0.2) is 85.6 Å². The van der Waals surface area contributed by atoms with Gasteiger partial charge in [-0.05, 0) is 37.7 Å². The first kappa shape index (κ1) is 25.4. The lowest BCUT2D eigenvalue weighted by Crippen LogP contribution is -2.53. The van der Waals surface area contributed by atoms with E-state index in [1.165, 1.54) is 18.1 Å². The van der Waals surface area contributed by atoms with Gasteiger partial charge in [0.15, 0.2) is 22.7 Å². The second kappa shape index (κ2) is 9.67. The van der Waals surface area contributed by atoms with Crippen molar-refractivity contribution in [2.75, 3.05) is 57.8 Å². The van der Waals surface area contributed by atoms with Crippen LogP contribution >= 0.6 is 0 Å². The molecule has 3 fully saturated rings. The van der Waals surface area contributed by atoms with Crippen molar-refractivity contribution < 1.29 is 27.9 Å². The van der Waals surface area contributed by atoms with Crippen LogP contribution in [0.1, 0.15) is 19.1 Å². The molecule has 39 heavy (non-hydrogen) atoms. The Labute approximate surface area is 224 Å². The van der Waals surface area contributed by atoms with E-state index in [1.54, 1.807) is 18.2 Å². The molecule has 0 saturated carbocycles. The lowest BCUT2D eigenvalue weighted by molar-refractivity contribution is -0.133. The molecule has 0 bridgehead atoms. The Balaban J connectivity index is 1.31. The number of halogens is 1. The number of hydrogen-bond donors (Lipinski definition) is 2. The van der Waals surface area contributed by atoms with Gasteiger partial charge >= 0.3 is 6.03 Å². The third-order valence-corrected chi connectivity index (χ3v) is 8.17. The standard InChI is InChI=1S/C27H31FN6O5/c1-3-32-9-4-10-33(12-11-32)21-8-7-18-17(29-21)13-20(39-18)27(25(36)30-26(37)31-27)15-34-14-16-5-6-19(38-2)23(28)22(16)24(34)35/h5-8,13,16,22H,3-4,9-12,14-15H2,1-2H3,(H2,30,31,36,37)/t16?,22?,27-/m0/s1. The summed E-state index contributed by atoms with van der Waals surface area (Å²) in [5, 5.41) is 4.94. The zero-order chi connectivity index (χ0) is 27.3. The second-order valence-electron chi connectivity index (χ2n) is 10.4. The zero-order valence-electron chi connectivity index (χ0n) is 21.9. The number of anilines is 1. The number of pyridine rings is 1. The summed E-state index contributed by atoms with van der Waals surface area (Å²) < 4.78 is 26.1. The molecule has 6 rings (SSSR count). The van der Waals surface area contributed by atoms with E-state index < -0.39 is 41.0 Å². The van der Waals surface area contributed by atoms with Gasteiger partial charge in [-0.15, -0.1) is 0 Å². The molecular formula is C27H31FN6O5. The molecule has 0 radical (unpaired) electrons. The van der Waals surface area contributed by atoms with Gasteiger partial charge in [0.2, 0.25) is 5.91 Å². The Morgan fingerprint density at radius 1 is 1.21 bits per heavy atom. The minimum Gasteiger partial charge on any atom is -0.494 e. The number of nitrogens with one attached hydrogen (secondary N) is 2. The van der Waals surface area contributed by atoms with Crippen molar-refractivity contribution in [1.29, 1.82) is 0 Å². The van der Waals surface area contributed by atoms with Gasteiger partial charge in [0.25, 0.3) is 5.91 Å². The summed E-state index contributed by atoms with van der Waals surface area (Å²) in [6.07, 6.45) is 4.28. The van der Waals surface area contributed by atoms with Gasteiger partial charge in [-0.1, -0.05) is 13.0 Å². The number of aromatic nitrogens is 1. The van der Waals surface area contributed by atoms with E-state index in [4.69, 9.17) is 14.1 Å². The van der Waals surface area contributed by atoms with Crippen molar-refractivity contribution in [2.45, 2.75) is 18.9 Å². The van der Waals surface area contributed by atoms with Crippen molar-refractivity contribution in [3.63, 3.8) is 0 Å². The molecule has 2 aromatic rings. The summed E-state index contributed by atoms with van der Waals surface area (Å²) in [7, 11) is 1.35. The predicted molar refractivity (Wildman–Crippen MR) is 139 cm³/mol. The number of likely N-dealkylation sites (N-methyl/N-ethyl adjacent to an activating group) is 1. The van der Waals surface area contributed by atoms with Crippen LogP contribution in [0.4, 0.5) is 15.0 Å². The summed E-state index contributed by atoms with van der Waals surface area (Å²) in [6, 6.07) is 4.63. The normalized spacial score (nSPS) is 27.7. The lowest BCUT2D eigenvalue weighted by atomic mass is 9.89. The van der Waals surface area contributed by atoms with E-state index in [0.717, 1.165) is 45.0 Å². The first-order chi connectivity index (χ1) is 18.8. The number of urea groups is 1. The molecule has 5 heterocycles. The molecular weight excluding hydrogens is 507 g/mol. The van der Waals surface area contributed by atoms with E-state index in [0.29, 0.717) is 11.1 Å². The number of amides is 4. The van der Waals surface area contributed by atoms with E-state index in [-0.39, 0.29) is 24.6 Å². The number of fused-ring (bicyclic) bond motifs is 2. The summed E-state index contributed by atoms with van der Waals surface area (Å²) in [5.74, 6) is -2.23. The molecule has 3 saturated heterocycles. The molecule has 1 aliphatic carbocycles. The van der Waals surface area contributed by atoms with Crippen molar-refractivity contribution in [3.8, 4) is 0 Å². The number of furan rings is 1. The van der Waals surface area contributed by atoms with E-state index in [9.17, 15) is 18.8 Å². The quantitative estimate of drug-likeness (QED) is 0.535. The Kier molecular flexibility index (Phi) is 6.29. The van der Waals surface area contributed by atoms with Crippen molar-refractivity contribution >= 4 is 34.8 Å². The van der Waals surface area contributed by atoms with Crippen LogP contribution in [0.3, 0.4) is 0 Å². The number of rotatable bonds is 6. The number of carbonyl (C=O) groups is 3. The molecule has 4 aliphatic rings. The fraction of sp³-hybridized carbons (Fsp3) is 0.481. The van der Waals surface area contributed by atoms with Gasteiger partial charge in [-0.2, -0.15) is 0 Å². The van der Waals surface area contributed by atoms with Crippen LogP contribution in [0.15, 0.2) is 46.4 Å². The van der Waals surface area contributed by atoms with Gasteiger partial charge in [-0.25, -0.2) is 14.2 Å². The van der Waals surface area contributed by atoms with Crippen LogP contribution in [0, 0.1) is 11.8 Å². The monoisotopic (exact) mass is 538 g/mol. The molecule has 2 N–H and O–H groups in total. The molecule has 3 aliphatic heterocycles. The largest absolute Gasteiger partial charge is 0.494 e. The number of nitrogens with zero attached hydrogens (tertiary/aromatic N) is 4. The maximum absolute atomic E-state index is 15.0. The van der Waals surface area contributed by atoms with Crippen LogP contribution in [0.25, 0.3) is 11.1 Å². The number of likely N-dealkylation sites (tertiary alicyclic amines) is 1. The first-order valence-electron chi connectivity index (χ1n) is 13.3. The molecule has 4 amide bonds. The highest BCUT2D eigenvalue weighted by atomic mass is 19.1. The van der Waals surface area contributed by atoms with E-state index in [1.807, 2.05) is 6.07 Å². The van der Waals surface area contributed by atoms with Crippen LogP contribution in [0.2, 0.25) is 0 Å². The third kappa shape index (κ3) is 4.22. The van der Waals surface area contributed by atoms with Crippen LogP contribution < -0.4 is 15.5 Å². The SMILES string of the molecule is CCN1CCCN(c2ccc3oc([C@]4(CN5CC6C=CC(OC)=C(F)C6C5=O)NC(=O)NC4=O)cc3n2)CC1. The number of methoxy groups -OCH3 is 1. The Morgan fingerprint density at radius 3 is 2.79 bits per heavy atom. The predicted octanol–water partition coefficient (Wildman–Crippen LogP) is 1.87. The molecule has 3 atom stereocenters. The number of carbonyl (C=O) groups excluding carboxylic acids is 3. The Bertz CT molecular complexity index is 1400. The average molecular weight is 539 g/mol. The van der Waals surface area contributed by atoms with Gasteiger partial charge < -0.3 is 29.2 Å². The number of hydrogen-bond acceptors (Lipinski definition) is 8. The molecule has 12 heteroatoms. The summed E-state index contributed by atoms with van der Waals surface area (Å²) in [6.45, 7) is 6.86. The summed E-state index contributed by atoms with van der Waals surface area (Å²) in [4.78, 5) is 49.7. The third-order valence-electron chi connectivity index (χ3n) is 8.17. The van der Waals surface area contributed by atoms with Crippen LogP contribution in [0.5, 0.6) is 0 Å². The second-order valence-corrected chi connectivity index (χ2v) is 10.4. The average Bonchev–Trinajstić information content (AvgIpc) is 3.50. The van der Waals surface area contributed by atoms with E-state index in [2.05, 4.69) is 27.4 Å². The molecule has 11 nitrogen and oxygen atoms in total. The molecule has 2 aromatic heterocycles. The highest BCUT2D eigenvalue weighted by Gasteiger charge is 2.55. The Hall–Kier alpha value is -3.93. The fourth-order valence-corrected chi connectivity index (χ4v) is 6.01. The smallest absolute Gasteiger partial charge is 0.322 e. The van der Waals surface area contributed by atoms with Gasteiger partial charge in [0, 0.05) is 38.2 Å². The number of allylic oxidation sites excluding steroid dienone is 1. The number of ether oxygens (including phenoxy) is 1. The summed E-state index contributed by atoms with van der Waals surface area (Å²) >= 11 is 0. The Morgan fingerprint density at radius 2 is 2.05 bits per heavy atom. The van der Waals surface area contributed by atoms with Gasteiger partial charge in [-0.3, -0.25) is 14.9 Å². The summed E-state index contributed by atoms with van der Waals surface area (Å²) in [5.41, 5.74) is -0.690. The zero-order valence-corrected chi connectivity index (χ0v) is 21.9. The fourth-order valence-electron chi connectivity index (χ4n) is 6.01.